The van der Waals surface area contributed by atoms with Gasteiger partial charge in [0.05, 0.1) is 4.88 Å². The molecule has 1 N–H and O–H groups in total. The summed E-state index contributed by atoms with van der Waals surface area (Å²) in [5.74, 6) is 0.475. The Morgan fingerprint density at radius 2 is 1.96 bits per heavy atom. The molecule has 2 aromatic rings. The summed E-state index contributed by atoms with van der Waals surface area (Å²) < 4.78 is 0. The van der Waals surface area contributed by atoms with Crippen LogP contribution in [0, 0.1) is 5.92 Å². The first kappa shape index (κ1) is 15.8. The summed E-state index contributed by atoms with van der Waals surface area (Å²) in [5, 5.41) is 7.78. The Morgan fingerprint density at radius 1 is 1.17 bits per heavy atom. The van der Waals surface area contributed by atoms with Crippen molar-refractivity contribution in [1.82, 2.24) is 15.2 Å². The van der Waals surface area contributed by atoms with E-state index in [4.69, 9.17) is 0 Å². The number of nitrogens with zero attached hydrogens (tertiary/aromatic N) is 2. The number of rotatable bonds is 4. The van der Waals surface area contributed by atoms with Crippen molar-refractivity contribution >= 4 is 34.5 Å². The lowest BCUT2D eigenvalue weighted by Crippen LogP contribution is -2.47. The summed E-state index contributed by atoms with van der Waals surface area (Å²) in [6.07, 6.45) is 3.75. The first-order valence-electron chi connectivity index (χ1n) is 8.30. The number of carbonyl (C=O) groups excluding carboxylic acids is 2. The van der Waals surface area contributed by atoms with Gasteiger partial charge in [0, 0.05) is 30.4 Å². The van der Waals surface area contributed by atoms with Gasteiger partial charge in [0.15, 0.2) is 0 Å². The van der Waals surface area contributed by atoms with Crippen molar-refractivity contribution < 1.29 is 9.59 Å². The van der Waals surface area contributed by atoms with E-state index in [1.165, 1.54) is 11.3 Å². The molecule has 1 saturated heterocycles. The number of thiazole rings is 1. The maximum atomic E-state index is 12.4. The van der Waals surface area contributed by atoms with Crippen LogP contribution < -0.4 is 5.32 Å². The minimum absolute atomic E-state index is 0.110. The number of thiophene rings is 1. The van der Waals surface area contributed by atoms with Crippen LogP contribution in [0.1, 0.15) is 36.2 Å². The summed E-state index contributed by atoms with van der Waals surface area (Å²) in [5.41, 5.74) is 0.486. The van der Waals surface area contributed by atoms with Gasteiger partial charge in [-0.2, -0.15) is 0 Å². The Bertz CT molecular complexity index is 729. The van der Waals surface area contributed by atoms with E-state index in [0.717, 1.165) is 48.7 Å². The first-order chi connectivity index (χ1) is 11.7. The zero-order valence-electron chi connectivity index (χ0n) is 13.2. The molecule has 1 aliphatic carbocycles. The largest absolute Gasteiger partial charge is 0.348 e. The van der Waals surface area contributed by atoms with E-state index in [2.05, 4.69) is 10.3 Å². The third-order valence-corrected chi connectivity index (χ3v) is 6.42. The lowest BCUT2D eigenvalue weighted by Gasteiger charge is -2.32. The van der Waals surface area contributed by atoms with Gasteiger partial charge in [0.2, 0.25) is 5.91 Å². The minimum atomic E-state index is -0.110. The summed E-state index contributed by atoms with van der Waals surface area (Å²) in [4.78, 5) is 31.9. The van der Waals surface area contributed by atoms with Gasteiger partial charge in [0.25, 0.3) is 5.91 Å². The number of amides is 2. The summed E-state index contributed by atoms with van der Waals surface area (Å²) >= 11 is 3.12. The van der Waals surface area contributed by atoms with Crippen molar-refractivity contribution in [3.05, 3.63) is 28.6 Å². The van der Waals surface area contributed by atoms with E-state index in [1.54, 1.807) is 11.3 Å². The summed E-state index contributed by atoms with van der Waals surface area (Å²) in [7, 11) is 0. The molecule has 0 radical (unpaired) electrons. The third-order valence-electron chi connectivity index (χ3n) is 4.54. The predicted molar refractivity (Wildman–Crippen MR) is 95.2 cm³/mol. The van der Waals surface area contributed by atoms with Gasteiger partial charge >= 0.3 is 0 Å². The monoisotopic (exact) mass is 361 g/mol. The van der Waals surface area contributed by atoms with Crippen LogP contribution in [0.3, 0.4) is 0 Å². The Balaban J connectivity index is 1.31. The highest BCUT2D eigenvalue weighted by Gasteiger charge is 2.35. The number of aromatic nitrogens is 1. The van der Waals surface area contributed by atoms with Crippen LogP contribution in [0.25, 0.3) is 9.88 Å². The fourth-order valence-electron chi connectivity index (χ4n) is 2.98. The molecule has 4 rings (SSSR count). The fraction of sp³-hybridized carbons (Fsp3) is 0.471. The van der Waals surface area contributed by atoms with Crippen molar-refractivity contribution in [2.24, 2.45) is 5.92 Å². The highest BCUT2D eigenvalue weighted by Crippen LogP contribution is 2.32. The SMILES string of the molecule is O=C(NC1CCN(C(=O)C2CC2)CC1)c1csc(-c2cccs2)n1. The molecule has 2 aliphatic rings. The molecular formula is C17H19N3O2S2. The smallest absolute Gasteiger partial charge is 0.270 e. The van der Waals surface area contributed by atoms with Gasteiger partial charge in [-0.05, 0) is 37.1 Å². The Hall–Kier alpha value is -1.73. The fourth-order valence-corrected chi connectivity index (χ4v) is 4.60. The molecule has 3 heterocycles. The van der Waals surface area contributed by atoms with Gasteiger partial charge in [-0.1, -0.05) is 6.07 Å². The average molecular weight is 361 g/mol. The van der Waals surface area contributed by atoms with E-state index >= 15 is 0 Å². The third kappa shape index (κ3) is 3.37. The summed E-state index contributed by atoms with van der Waals surface area (Å²) in [6.45, 7) is 1.50. The molecule has 0 atom stereocenters. The maximum absolute atomic E-state index is 12.4. The van der Waals surface area contributed by atoms with Gasteiger partial charge in [0.1, 0.15) is 10.7 Å². The number of hydrogen-bond donors (Lipinski definition) is 1. The molecule has 0 aromatic carbocycles. The molecule has 2 amide bonds. The number of hydrogen-bond acceptors (Lipinski definition) is 5. The van der Waals surface area contributed by atoms with Crippen LogP contribution in [-0.2, 0) is 4.79 Å². The second kappa shape index (κ2) is 6.64. The standard InChI is InChI=1S/C17H19N3O2S2/c21-15(13-10-24-16(19-13)14-2-1-9-23-14)18-12-5-7-20(8-6-12)17(22)11-3-4-11/h1-2,9-12H,3-8H2,(H,18,21). The van der Waals surface area contributed by atoms with Crippen LogP contribution in [-0.4, -0.2) is 40.8 Å². The first-order valence-corrected chi connectivity index (χ1v) is 10.1. The van der Waals surface area contributed by atoms with Crippen molar-refractivity contribution in [1.29, 1.82) is 0 Å². The highest BCUT2D eigenvalue weighted by atomic mass is 32.1. The molecule has 2 fully saturated rings. The normalized spacial score (nSPS) is 18.6. The van der Waals surface area contributed by atoms with E-state index in [0.29, 0.717) is 11.6 Å². The number of nitrogens with one attached hydrogen (secondary N) is 1. The molecule has 0 unspecified atom stereocenters. The van der Waals surface area contributed by atoms with Crippen LogP contribution in [0.4, 0.5) is 0 Å². The Labute approximate surface area is 148 Å². The topological polar surface area (TPSA) is 62.3 Å². The van der Waals surface area contributed by atoms with E-state index < -0.39 is 0 Å². The second-order valence-electron chi connectivity index (χ2n) is 6.36. The van der Waals surface area contributed by atoms with Gasteiger partial charge < -0.3 is 10.2 Å². The minimum Gasteiger partial charge on any atom is -0.348 e. The number of piperidine rings is 1. The molecule has 5 nitrogen and oxygen atoms in total. The van der Waals surface area contributed by atoms with Gasteiger partial charge in [-0.15, -0.1) is 22.7 Å². The van der Waals surface area contributed by atoms with Crippen molar-refractivity contribution in [3.63, 3.8) is 0 Å². The van der Waals surface area contributed by atoms with Crippen LogP contribution in [0.2, 0.25) is 0 Å². The molecule has 0 bridgehead atoms. The second-order valence-corrected chi connectivity index (χ2v) is 8.17. The van der Waals surface area contributed by atoms with Crippen molar-refractivity contribution in [2.75, 3.05) is 13.1 Å². The molecular weight excluding hydrogens is 342 g/mol. The zero-order valence-corrected chi connectivity index (χ0v) is 14.9. The average Bonchev–Trinajstić information content (AvgIpc) is 3.10. The molecule has 1 aliphatic heterocycles. The Kier molecular flexibility index (Phi) is 4.37. The Morgan fingerprint density at radius 3 is 2.62 bits per heavy atom. The number of carbonyl (C=O) groups is 2. The van der Waals surface area contributed by atoms with Crippen molar-refractivity contribution in [2.45, 2.75) is 31.7 Å². The zero-order chi connectivity index (χ0) is 16.5. The lowest BCUT2D eigenvalue weighted by molar-refractivity contribution is -0.133. The molecule has 2 aromatic heterocycles. The lowest BCUT2D eigenvalue weighted by atomic mass is 10.0. The van der Waals surface area contributed by atoms with Crippen LogP contribution in [0.15, 0.2) is 22.9 Å². The maximum Gasteiger partial charge on any atom is 0.270 e. The molecule has 126 valence electrons. The summed E-state index contributed by atoms with van der Waals surface area (Å²) in [6, 6.07) is 4.13. The van der Waals surface area contributed by atoms with Crippen molar-refractivity contribution in [3.8, 4) is 9.88 Å². The molecule has 7 heteroatoms. The van der Waals surface area contributed by atoms with Gasteiger partial charge in [-0.25, -0.2) is 4.98 Å². The van der Waals surface area contributed by atoms with Gasteiger partial charge in [-0.3, -0.25) is 9.59 Å². The van der Waals surface area contributed by atoms with Crippen LogP contribution in [0.5, 0.6) is 0 Å². The van der Waals surface area contributed by atoms with Crippen LogP contribution >= 0.6 is 22.7 Å². The quantitative estimate of drug-likeness (QED) is 0.911. The predicted octanol–water partition coefficient (Wildman–Crippen LogP) is 3.00. The van der Waals surface area contributed by atoms with E-state index in [1.807, 2.05) is 27.8 Å². The highest BCUT2D eigenvalue weighted by molar-refractivity contribution is 7.20. The van der Waals surface area contributed by atoms with E-state index in [-0.39, 0.29) is 17.9 Å². The number of likely N-dealkylation sites (tertiary alicyclic amines) is 1. The molecule has 1 saturated carbocycles. The molecule has 24 heavy (non-hydrogen) atoms. The van der Waals surface area contributed by atoms with E-state index in [9.17, 15) is 9.59 Å². The molecule has 0 spiro atoms.